The predicted octanol–water partition coefficient (Wildman–Crippen LogP) is 2.44. The van der Waals surface area contributed by atoms with Crippen molar-refractivity contribution in [1.82, 2.24) is 15.0 Å². The van der Waals surface area contributed by atoms with Gasteiger partial charge in [-0.3, -0.25) is 14.2 Å². The number of nitrogens with zero attached hydrogens (tertiary/aromatic N) is 3. The fourth-order valence-corrected chi connectivity index (χ4v) is 4.75. The normalized spacial score (nSPS) is 16.4. The predicted molar refractivity (Wildman–Crippen MR) is 109 cm³/mol. The number of aromatic hydroxyl groups is 1. The first-order valence-corrected chi connectivity index (χ1v) is 9.93. The first kappa shape index (κ1) is 18.4. The average molecular weight is 396 g/mol. The molecule has 1 aromatic carbocycles. The third-order valence-electron chi connectivity index (χ3n) is 4.89. The Morgan fingerprint density at radius 3 is 3.00 bits per heavy atom. The van der Waals surface area contributed by atoms with Gasteiger partial charge >= 0.3 is 0 Å². The molecule has 8 heteroatoms. The number of carbonyl (C=O) groups is 1. The van der Waals surface area contributed by atoms with Gasteiger partial charge in [-0.25, -0.2) is 10.4 Å². The highest BCUT2D eigenvalue weighted by molar-refractivity contribution is 7.18. The minimum atomic E-state index is -0.406. The van der Waals surface area contributed by atoms with E-state index in [0.29, 0.717) is 11.3 Å². The van der Waals surface area contributed by atoms with Gasteiger partial charge in [0.25, 0.3) is 11.5 Å². The van der Waals surface area contributed by atoms with Crippen molar-refractivity contribution < 1.29 is 9.90 Å². The number of phenolic OH excluding ortho intramolecular Hbond substituents is 1. The maximum atomic E-state index is 12.9. The Bertz CT molecular complexity index is 1110. The Hall–Kier alpha value is -3.00. The molecule has 4 rings (SSSR count). The van der Waals surface area contributed by atoms with E-state index in [1.807, 2.05) is 0 Å². The van der Waals surface area contributed by atoms with E-state index in [0.717, 1.165) is 35.2 Å². The number of hydrogen-bond acceptors (Lipinski definition) is 6. The lowest BCUT2D eigenvalue weighted by Gasteiger charge is -2.17. The fourth-order valence-electron chi connectivity index (χ4n) is 3.41. The Balaban J connectivity index is 1.50. The summed E-state index contributed by atoms with van der Waals surface area (Å²) in [5.74, 6) is 0.379. The molecule has 0 bridgehead atoms. The lowest BCUT2D eigenvalue weighted by Crippen LogP contribution is -2.30. The molecule has 3 aromatic rings. The highest BCUT2D eigenvalue weighted by atomic mass is 32.1. The van der Waals surface area contributed by atoms with Crippen LogP contribution in [0.3, 0.4) is 0 Å². The molecule has 28 heavy (non-hydrogen) atoms. The molecule has 144 valence electrons. The van der Waals surface area contributed by atoms with Crippen molar-refractivity contribution in [2.75, 3.05) is 0 Å². The van der Waals surface area contributed by atoms with Crippen molar-refractivity contribution in [3.8, 4) is 5.75 Å². The van der Waals surface area contributed by atoms with Gasteiger partial charge in [0, 0.05) is 4.88 Å². The number of phenols is 1. The third-order valence-corrected chi connectivity index (χ3v) is 6.05. The van der Waals surface area contributed by atoms with E-state index < -0.39 is 5.91 Å². The molecular weight excluding hydrogens is 376 g/mol. The molecule has 1 atom stereocenters. The van der Waals surface area contributed by atoms with Gasteiger partial charge < -0.3 is 5.11 Å². The number of carbonyl (C=O) groups excluding carboxylic acids is 1. The number of amides is 1. The van der Waals surface area contributed by atoms with Crippen LogP contribution in [0.25, 0.3) is 10.2 Å². The SMILES string of the molecule is CC1CCc2c(sc3ncn(CC(=O)N/N=C\c4ccc(O)cc4)c(=O)c23)C1. The lowest BCUT2D eigenvalue weighted by molar-refractivity contribution is -0.121. The van der Waals surface area contributed by atoms with Crippen molar-refractivity contribution in [3.63, 3.8) is 0 Å². The van der Waals surface area contributed by atoms with Crippen LogP contribution in [-0.4, -0.2) is 26.8 Å². The molecule has 2 heterocycles. The Morgan fingerprint density at radius 2 is 2.21 bits per heavy atom. The summed E-state index contributed by atoms with van der Waals surface area (Å²) in [7, 11) is 0. The van der Waals surface area contributed by atoms with Gasteiger partial charge in [-0.2, -0.15) is 5.10 Å². The van der Waals surface area contributed by atoms with Crippen molar-refractivity contribution in [2.24, 2.45) is 11.0 Å². The first-order chi connectivity index (χ1) is 13.5. The number of nitrogens with one attached hydrogen (secondary N) is 1. The summed E-state index contributed by atoms with van der Waals surface area (Å²) in [4.78, 5) is 31.5. The molecule has 0 aliphatic heterocycles. The molecule has 2 N–H and O–H groups in total. The van der Waals surface area contributed by atoms with Gasteiger partial charge in [0.2, 0.25) is 0 Å². The molecule has 1 amide bonds. The molecule has 0 fully saturated rings. The van der Waals surface area contributed by atoms with E-state index in [2.05, 4.69) is 22.4 Å². The molecule has 0 saturated heterocycles. The molecule has 1 unspecified atom stereocenters. The van der Waals surface area contributed by atoms with E-state index >= 15 is 0 Å². The summed E-state index contributed by atoms with van der Waals surface area (Å²) in [6.45, 7) is 2.08. The quantitative estimate of drug-likeness (QED) is 0.523. The largest absolute Gasteiger partial charge is 0.508 e. The summed E-state index contributed by atoms with van der Waals surface area (Å²) in [6.07, 6.45) is 5.85. The van der Waals surface area contributed by atoms with Crippen LogP contribution in [-0.2, 0) is 24.2 Å². The zero-order valence-electron chi connectivity index (χ0n) is 15.4. The van der Waals surface area contributed by atoms with Gasteiger partial charge in [0.05, 0.1) is 17.9 Å². The van der Waals surface area contributed by atoms with Crippen LogP contribution >= 0.6 is 11.3 Å². The maximum absolute atomic E-state index is 12.9. The van der Waals surface area contributed by atoms with Crippen molar-refractivity contribution in [3.05, 3.63) is 57.0 Å². The van der Waals surface area contributed by atoms with E-state index in [4.69, 9.17) is 0 Å². The average Bonchev–Trinajstić information content (AvgIpc) is 3.04. The summed E-state index contributed by atoms with van der Waals surface area (Å²) < 4.78 is 1.33. The molecule has 0 radical (unpaired) electrons. The number of aromatic nitrogens is 2. The Morgan fingerprint density at radius 1 is 1.43 bits per heavy atom. The van der Waals surface area contributed by atoms with Crippen LogP contribution in [0.15, 0.2) is 40.5 Å². The van der Waals surface area contributed by atoms with Crippen molar-refractivity contribution in [1.29, 1.82) is 0 Å². The zero-order chi connectivity index (χ0) is 19.7. The number of aryl methyl sites for hydroxylation is 1. The standard InChI is InChI=1S/C20H20N4O3S/c1-12-2-7-15-16(8-12)28-19-18(15)20(27)24(11-21-19)10-17(26)23-22-9-13-3-5-14(25)6-4-13/h3-6,9,11-12,25H,2,7-8,10H2,1H3,(H,23,26)/b22-9-. The summed E-state index contributed by atoms with van der Waals surface area (Å²) in [5, 5.41) is 13.8. The van der Waals surface area contributed by atoms with Gasteiger partial charge in [-0.1, -0.05) is 6.92 Å². The van der Waals surface area contributed by atoms with E-state index in [1.165, 1.54) is 34.1 Å². The van der Waals surface area contributed by atoms with Crippen molar-refractivity contribution in [2.45, 2.75) is 32.7 Å². The Kier molecular flexibility index (Phi) is 4.95. The smallest absolute Gasteiger partial charge is 0.262 e. The monoisotopic (exact) mass is 396 g/mol. The van der Waals surface area contributed by atoms with Crippen LogP contribution in [0.4, 0.5) is 0 Å². The van der Waals surface area contributed by atoms with Crippen LogP contribution in [0.1, 0.15) is 29.3 Å². The van der Waals surface area contributed by atoms with Crippen LogP contribution in [0.5, 0.6) is 5.75 Å². The first-order valence-electron chi connectivity index (χ1n) is 9.12. The molecule has 1 aliphatic rings. The van der Waals surface area contributed by atoms with Gasteiger partial charge in [-0.15, -0.1) is 11.3 Å². The van der Waals surface area contributed by atoms with Gasteiger partial charge in [-0.05, 0) is 60.6 Å². The molecular formula is C20H20N4O3S. The molecule has 1 aliphatic carbocycles. The Labute approximate surface area is 165 Å². The second kappa shape index (κ2) is 7.55. The van der Waals surface area contributed by atoms with E-state index in [9.17, 15) is 14.7 Å². The third kappa shape index (κ3) is 3.68. The number of fused-ring (bicyclic) bond motifs is 3. The van der Waals surface area contributed by atoms with Crippen LogP contribution in [0, 0.1) is 5.92 Å². The molecule has 7 nitrogen and oxygen atoms in total. The lowest BCUT2D eigenvalue weighted by atomic mass is 9.89. The number of hydrogen-bond donors (Lipinski definition) is 2. The van der Waals surface area contributed by atoms with E-state index in [-0.39, 0.29) is 17.9 Å². The van der Waals surface area contributed by atoms with Crippen molar-refractivity contribution >= 4 is 33.7 Å². The van der Waals surface area contributed by atoms with Crippen LogP contribution in [0.2, 0.25) is 0 Å². The van der Waals surface area contributed by atoms with Crippen LogP contribution < -0.4 is 11.0 Å². The molecule has 2 aromatic heterocycles. The number of thiophene rings is 1. The fraction of sp³-hybridized carbons (Fsp3) is 0.300. The minimum absolute atomic E-state index is 0.143. The highest BCUT2D eigenvalue weighted by Crippen LogP contribution is 2.35. The van der Waals surface area contributed by atoms with Gasteiger partial charge in [0.1, 0.15) is 17.1 Å². The number of hydrazone groups is 1. The maximum Gasteiger partial charge on any atom is 0.262 e. The summed E-state index contributed by atoms with van der Waals surface area (Å²) in [5.41, 5.74) is 4.08. The topological polar surface area (TPSA) is 96.6 Å². The highest BCUT2D eigenvalue weighted by Gasteiger charge is 2.23. The zero-order valence-corrected chi connectivity index (χ0v) is 16.2. The second-order valence-electron chi connectivity index (χ2n) is 7.09. The summed E-state index contributed by atoms with van der Waals surface area (Å²) >= 11 is 1.59. The minimum Gasteiger partial charge on any atom is -0.508 e. The van der Waals surface area contributed by atoms with Gasteiger partial charge in [0.15, 0.2) is 0 Å². The molecule has 0 spiro atoms. The summed E-state index contributed by atoms with van der Waals surface area (Å²) in [6, 6.07) is 6.42. The second-order valence-corrected chi connectivity index (χ2v) is 8.18. The number of benzene rings is 1. The van der Waals surface area contributed by atoms with E-state index in [1.54, 1.807) is 23.5 Å². The molecule has 0 saturated carbocycles. The number of rotatable bonds is 4.